The standard InChI is InChI=1S/C9H9NO/c10-6-9(7-11)8-4-2-1-3-5-8/h2,4,7H,1,3,5H2/b9-8+. The SMILES string of the molecule is N#C/C(C=O)=C1/C=CCCC1. The molecule has 0 atom stereocenters. The van der Waals surface area contributed by atoms with E-state index in [9.17, 15) is 4.79 Å². The minimum Gasteiger partial charge on any atom is -0.297 e. The Morgan fingerprint density at radius 2 is 2.55 bits per heavy atom. The summed E-state index contributed by atoms with van der Waals surface area (Å²) < 4.78 is 0. The van der Waals surface area contributed by atoms with Gasteiger partial charge >= 0.3 is 0 Å². The summed E-state index contributed by atoms with van der Waals surface area (Å²) in [6.45, 7) is 0. The van der Waals surface area contributed by atoms with Crippen LogP contribution in [-0.2, 0) is 4.79 Å². The first-order chi connectivity index (χ1) is 5.38. The highest BCUT2D eigenvalue weighted by Gasteiger charge is 2.04. The minimum absolute atomic E-state index is 0.279. The zero-order chi connectivity index (χ0) is 8.10. The molecule has 0 aromatic heterocycles. The van der Waals surface area contributed by atoms with Gasteiger partial charge in [-0.1, -0.05) is 12.2 Å². The first kappa shape index (κ1) is 7.74. The summed E-state index contributed by atoms with van der Waals surface area (Å²) in [6, 6.07) is 1.88. The highest BCUT2D eigenvalue weighted by Crippen LogP contribution is 2.18. The van der Waals surface area contributed by atoms with Gasteiger partial charge in [-0.25, -0.2) is 0 Å². The van der Waals surface area contributed by atoms with E-state index in [2.05, 4.69) is 0 Å². The minimum atomic E-state index is 0.279. The Balaban J connectivity index is 2.93. The maximum Gasteiger partial charge on any atom is 0.160 e. The third kappa shape index (κ3) is 1.78. The van der Waals surface area contributed by atoms with Crippen LogP contribution in [0.3, 0.4) is 0 Å². The molecule has 0 aliphatic heterocycles. The number of aldehydes is 1. The highest BCUT2D eigenvalue weighted by molar-refractivity contribution is 5.81. The van der Waals surface area contributed by atoms with Crippen LogP contribution in [-0.4, -0.2) is 6.29 Å². The van der Waals surface area contributed by atoms with Crippen molar-refractivity contribution in [2.75, 3.05) is 0 Å². The molecule has 2 heteroatoms. The lowest BCUT2D eigenvalue weighted by atomic mass is 9.98. The van der Waals surface area contributed by atoms with Crippen molar-refractivity contribution in [3.8, 4) is 6.07 Å². The van der Waals surface area contributed by atoms with E-state index in [0.717, 1.165) is 24.8 Å². The predicted octanol–water partition coefficient (Wildman–Crippen LogP) is 1.75. The summed E-state index contributed by atoms with van der Waals surface area (Å²) in [5.41, 5.74) is 1.16. The third-order valence-electron chi connectivity index (χ3n) is 1.72. The largest absolute Gasteiger partial charge is 0.297 e. The van der Waals surface area contributed by atoms with Crippen molar-refractivity contribution in [3.05, 3.63) is 23.3 Å². The van der Waals surface area contributed by atoms with Gasteiger partial charge in [0.05, 0.1) is 5.57 Å². The molecule has 1 rings (SSSR count). The summed E-state index contributed by atoms with van der Waals surface area (Å²) in [6.07, 6.45) is 7.46. The molecule has 0 saturated carbocycles. The molecule has 0 radical (unpaired) electrons. The van der Waals surface area contributed by atoms with E-state index in [-0.39, 0.29) is 5.57 Å². The van der Waals surface area contributed by atoms with Crippen LogP contribution in [0.4, 0.5) is 0 Å². The molecule has 1 aliphatic carbocycles. The van der Waals surface area contributed by atoms with E-state index in [4.69, 9.17) is 5.26 Å². The van der Waals surface area contributed by atoms with Gasteiger partial charge in [-0.15, -0.1) is 0 Å². The topological polar surface area (TPSA) is 40.9 Å². The van der Waals surface area contributed by atoms with E-state index in [0.29, 0.717) is 6.29 Å². The second-order valence-corrected chi connectivity index (χ2v) is 2.46. The van der Waals surface area contributed by atoms with Crippen molar-refractivity contribution in [2.24, 2.45) is 0 Å². The molecular formula is C9H9NO. The number of nitriles is 1. The van der Waals surface area contributed by atoms with E-state index in [1.165, 1.54) is 0 Å². The monoisotopic (exact) mass is 147 g/mol. The smallest absolute Gasteiger partial charge is 0.160 e. The van der Waals surface area contributed by atoms with Crippen LogP contribution in [0.2, 0.25) is 0 Å². The number of carbonyl (C=O) groups excluding carboxylic acids is 1. The van der Waals surface area contributed by atoms with Crippen molar-refractivity contribution in [3.63, 3.8) is 0 Å². The van der Waals surface area contributed by atoms with Crippen LogP contribution < -0.4 is 0 Å². The summed E-state index contributed by atoms with van der Waals surface area (Å²) >= 11 is 0. The lowest BCUT2D eigenvalue weighted by Gasteiger charge is -2.06. The molecule has 0 unspecified atom stereocenters. The van der Waals surface area contributed by atoms with Crippen LogP contribution >= 0.6 is 0 Å². The Kier molecular flexibility index (Phi) is 2.62. The van der Waals surface area contributed by atoms with Crippen LogP contribution in [0.1, 0.15) is 19.3 Å². The zero-order valence-electron chi connectivity index (χ0n) is 6.21. The normalized spacial score (nSPS) is 20.6. The molecule has 0 spiro atoms. The quantitative estimate of drug-likeness (QED) is 0.322. The van der Waals surface area contributed by atoms with Crippen LogP contribution in [0, 0.1) is 11.3 Å². The summed E-state index contributed by atoms with van der Waals surface area (Å²) in [4.78, 5) is 10.3. The van der Waals surface area contributed by atoms with E-state index < -0.39 is 0 Å². The molecule has 0 fully saturated rings. The number of hydrogen-bond donors (Lipinski definition) is 0. The van der Waals surface area contributed by atoms with E-state index >= 15 is 0 Å². The molecular weight excluding hydrogens is 138 g/mol. The molecule has 56 valence electrons. The fourth-order valence-electron chi connectivity index (χ4n) is 1.12. The van der Waals surface area contributed by atoms with Gasteiger partial charge in [0.1, 0.15) is 6.07 Å². The molecule has 0 heterocycles. The molecule has 0 saturated heterocycles. The molecule has 0 amide bonds. The van der Waals surface area contributed by atoms with Crippen molar-refractivity contribution in [1.29, 1.82) is 5.26 Å². The number of hydrogen-bond acceptors (Lipinski definition) is 2. The van der Waals surface area contributed by atoms with Gasteiger partial charge in [-0.05, 0) is 24.8 Å². The lowest BCUT2D eigenvalue weighted by molar-refractivity contribution is -0.104. The van der Waals surface area contributed by atoms with Gasteiger partial charge in [0.15, 0.2) is 6.29 Å². The maximum atomic E-state index is 10.3. The Labute approximate surface area is 65.8 Å². The predicted molar refractivity (Wildman–Crippen MR) is 41.7 cm³/mol. The summed E-state index contributed by atoms with van der Waals surface area (Å²) in [7, 11) is 0. The molecule has 2 nitrogen and oxygen atoms in total. The second-order valence-electron chi connectivity index (χ2n) is 2.46. The van der Waals surface area contributed by atoms with Crippen molar-refractivity contribution < 1.29 is 4.79 Å². The first-order valence-corrected chi connectivity index (χ1v) is 3.63. The highest BCUT2D eigenvalue weighted by atomic mass is 16.1. The summed E-state index contributed by atoms with van der Waals surface area (Å²) in [5.74, 6) is 0. The number of carbonyl (C=O) groups is 1. The number of allylic oxidation sites excluding steroid dienone is 4. The van der Waals surface area contributed by atoms with Gasteiger partial charge in [0.2, 0.25) is 0 Å². The Morgan fingerprint density at radius 3 is 3.00 bits per heavy atom. The number of nitrogens with zero attached hydrogens (tertiary/aromatic N) is 1. The summed E-state index contributed by atoms with van der Waals surface area (Å²) in [5, 5.41) is 8.51. The molecule has 1 aliphatic rings. The molecule has 11 heavy (non-hydrogen) atoms. The molecule has 0 aromatic carbocycles. The first-order valence-electron chi connectivity index (χ1n) is 3.63. The zero-order valence-corrected chi connectivity index (χ0v) is 6.21. The average molecular weight is 147 g/mol. The second kappa shape index (κ2) is 3.72. The van der Waals surface area contributed by atoms with Gasteiger partial charge in [0, 0.05) is 0 Å². The van der Waals surface area contributed by atoms with Crippen LogP contribution in [0.25, 0.3) is 0 Å². The van der Waals surface area contributed by atoms with Crippen molar-refractivity contribution in [1.82, 2.24) is 0 Å². The maximum absolute atomic E-state index is 10.3. The van der Waals surface area contributed by atoms with E-state index in [1.807, 2.05) is 18.2 Å². The molecule has 0 aromatic rings. The van der Waals surface area contributed by atoms with Gasteiger partial charge < -0.3 is 0 Å². The Hall–Kier alpha value is -1.36. The average Bonchev–Trinajstić information content (AvgIpc) is 2.09. The number of rotatable bonds is 1. The Bertz CT molecular complexity index is 255. The van der Waals surface area contributed by atoms with Gasteiger partial charge in [0.25, 0.3) is 0 Å². The van der Waals surface area contributed by atoms with Crippen LogP contribution in [0.15, 0.2) is 23.3 Å². The van der Waals surface area contributed by atoms with Gasteiger partial charge in [-0.2, -0.15) is 5.26 Å². The fraction of sp³-hybridized carbons (Fsp3) is 0.333. The van der Waals surface area contributed by atoms with Crippen LogP contribution in [0.5, 0.6) is 0 Å². The third-order valence-corrected chi connectivity index (χ3v) is 1.72. The van der Waals surface area contributed by atoms with Crippen molar-refractivity contribution in [2.45, 2.75) is 19.3 Å². The molecule has 0 bridgehead atoms. The van der Waals surface area contributed by atoms with E-state index in [1.54, 1.807) is 0 Å². The fourth-order valence-corrected chi connectivity index (χ4v) is 1.12. The van der Waals surface area contributed by atoms with Gasteiger partial charge in [-0.3, -0.25) is 4.79 Å². The lowest BCUT2D eigenvalue weighted by Crippen LogP contribution is -1.92. The Morgan fingerprint density at radius 1 is 1.73 bits per heavy atom. The molecule has 0 N–H and O–H groups in total. The van der Waals surface area contributed by atoms with Crippen molar-refractivity contribution >= 4 is 6.29 Å².